The molecule has 1 saturated carbocycles. The van der Waals surface area contributed by atoms with Crippen molar-refractivity contribution in [3.63, 3.8) is 0 Å². The second kappa shape index (κ2) is 7.07. The molecular formula is C16H32N4O. The molecule has 0 aromatic rings. The monoisotopic (exact) mass is 296 g/mol. The van der Waals surface area contributed by atoms with E-state index in [1.807, 2.05) is 7.05 Å². The third kappa shape index (κ3) is 3.58. The first-order chi connectivity index (χ1) is 10.0. The maximum absolute atomic E-state index is 11.9. The molecule has 0 radical (unpaired) electrons. The Hall–Kier alpha value is -0.650. The van der Waals surface area contributed by atoms with Gasteiger partial charge in [-0.25, -0.2) is 0 Å². The van der Waals surface area contributed by atoms with Crippen LogP contribution < -0.4 is 11.1 Å². The summed E-state index contributed by atoms with van der Waals surface area (Å²) < 4.78 is 0. The average molecular weight is 296 g/mol. The zero-order valence-corrected chi connectivity index (χ0v) is 13.9. The van der Waals surface area contributed by atoms with Gasteiger partial charge >= 0.3 is 0 Å². The zero-order valence-electron chi connectivity index (χ0n) is 13.9. The zero-order chi connectivity index (χ0) is 15.5. The highest BCUT2D eigenvalue weighted by molar-refractivity contribution is 5.84. The largest absolute Gasteiger partial charge is 0.368 e. The van der Waals surface area contributed by atoms with Crippen LogP contribution in [-0.2, 0) is 4.79 Å². The Morgan fingerprint density at radius 3 is 2.81 bits per heavy atom. The fourth-order valence-electron chi connectivity index (χ4n) is 4.20. The van der Waals surface area contributed by atoms with E-state index in [1.54, 1.807) is 0 Å². The summed E-state index contributed by atoms with van der Waals surface area (Å²) in [5, 5.41) is 3.20. The van der Waals surface area contributed by atoms with E-state index in [9.17, 15) is 4.79 Å². The van der Waals surface area contributed by atoms with Gasteiger partial charge in [-0.15, -0.1) is 0 Å². The van der Waals surface area contributed by atoms with Crippen LogP contribution in [0.15, 0.2) is 0 Å². The normalized spacial score (nSPS) is 34.5. The number of nitrogens with two attached hydrogens (primary N) is 1. The number of likely N-dealkylation sites (N-methyl/N-ethyl adjacent to an activating group) is 3. The minimum atomic E-state index is -0.503. The van der Waals surface area contributed by atoms with Gasteiger partial charge in [0, 0.05) is 18.6 Å². The van der Waals surface area contributed by atoms with Crippen LogP contribution in [0.2, 0.25) is 0 Å². The molecule has 21 heavy (non-hydrogen) atoms. The highest BCUT2D eigenvalue weighted by Crippen LogP contribution is 2.31. The molecule has 5 nitrogen and oxygen atoms in total. The molecule has 1 heterocycles. The van der Waals surface area contributed by atoms with Crippen LogP contribution in [0.25, 0.3) is 0 Å². The summed E-state index contributed by atoms with van der Waals surface area (Å²) in [6.45, 7) is 5.74. The standard InChI is InChI=1S/C16H32N4O/c1-4-20-10-6-8-14(20)12-19(3)13-7-5-9-16(11-13,18-2)15(17)21/h13-14,18H,4-12H2,1-3H3,(H2,17,21). The highest BCUT2D eigenvalue weighted by atomic mass is 16.1. The third-order valence-electron chi connectivity index (χ3n) is 5.70. The maximum atomic E-state index is 11.9. The average Bonchev–Trinajstić information content (AvgIpc) is 2.94. The van der Waals surface area contributed by atoms with Gasteiger partial charge in [0.15, 0.2) is 0 Å². The molecule has 3 unspecified atom stereocenters. The Morgan fingerprint density at radius 1 is 1.43 bits per heavy atom. The van der Waals surface area contributed by atoms with Gasteiger partial charge in [0.05, 0.1) is 5.54 Å². The number of likely N-dealkylation sites (tertiary alicyclic amines) is 1. The molecule has 2 fully saturated rings. The van der Waals surface area contributed by atoms with Gasteiger partial charge in [-0.3, -0.25) is 9.69 Å². The lowest BCUT2D eigenvalue weighted by Crippen LogP contribution is -2.59. The summed E-state index contributed by atoms with van der Waals surface area (Å²) >= 11 is 0. The second-order valence-electron chi connectivity index (χ2n) is 6.81. The van der Waals surface area contributed by atoms with Gasteiger partial charge in [-0.2, -0.15) is 0 Å². The highest BCUT2D eigenvalue weighted by Gasteiger charge is 2.41. The summed E-state index contributed by atoms with van der Waals surface area (Å²) in [4.78, 5) is 16.9. The summed E-state index contributed by atoms with van der Waals surface area (Å²) in [5.74, 6) is -0.195. The van der Waals surface area contributed by atoms with Gasteiger partial charge in [0.1, 0.15) is 0 Å². The molecule has 0 spiro atoms. The molecule has 3 atom stereocenters. The predicted molar refractivity (Wildman–Crippen MR) is 86.1 cm³/mol. The van der Waals surface area contributed by atoms with Crippen LogP contribution in [0.4, 0.5) is 0 Å². The van der Waals surface area contributed by atoms with Crippen molar-refractivity contribution in [3.8, 4) is 0 Å². The van der Waals surface area contributed by atoms with E-state index in [-0.39, 0.29) is 5.91 Å². The van der Waals surface area contributed by atoms with Crippen LogP contribution in [0, 0.1) is 0 Å². The van der Waals surface area contributed by atoms with Crippen molar-refractivity contribution in [2.75, 3.05) is 33.7 Å². The first-order valence-corrected chi connectivity index (χ1v) is 8.45. The molecule has 5 heteroatoms. The Bertz CT molecular complexity index is 362. The molecule has 2 aliphatic rings. The molecule has 1 amide bonds. The first-order valence-electron chi connectivity index (χ1n) is 8.45. The van der Waals surface area contributed by atoms with E-state index in [0.29, 0.717) is 12.1 Å². The Labute approximate surface area is 129 Å². The molecule has 0 bridgehead atoms. The third-order valence-corrected chi connectivity index (χ3v) is 5.70. The molecule has 122 valence electrons. The van der Waals surface area contributed by atoms with Gasteiger partial charge in [0.2, 0.25) is 5.91 Å². The Balaban J connectivity index is 1.95. The van der Waals surface area contributed by atoms with Crippen molar-refractivity contribution in [1.82, 2.24) is 15.1 Å². The summed E-state index contributed by atoms with van der Waals surface area (Å²) in [7, 11) is 4.08. The van der Waals surface area contributed by atoms with E-state index >= 15 is 0 Å². The lowest BCUT2D eigenvalue weighted by atomic mass is 9.78. The minimum absolute atomic E-state index is 0.195. The molecule has 3 N–H and O–H groups in total. The van der Waals surface area contributed by atoms with Gasteiger partial charge < -0.3 is 16.0 Å². The number of primary amides is 1. The molecule has 1 saturated heterocycles. The Morgan fingerprint density at radius 2 is 2.19 bits per heavy atom. The topological polar surface area (TPSA) is 61.6 Å². The van der Waals surface area contributed by atoms with E-state index in [4.69, 9.17) is 5.73 Å². The van der Waals surface area contributed by atoms with Gasteiger partial charge in [0.25, 0.3) is 0 Å². The van der Waals surface area contributed by atoms with Gasteiger partial charge in [-0.05, 0) is 65.7 Å². The summed E-state index contributed by atoms with van der Waals surface area (Å²) in [5.41, 5.74) is 5.15. The van der Waals surface area contributed by atoms with Crippen molar-refractivity contribution in [2.24, 2.45) is 5.73 Å². The SMILES string of the molecule is CCN1CCCC1CN(C)C1CCCC(NC)(C(N)=O)C1. The lowest BCUT2D eigenvalue weighted by Gasteiger charge is -2.43. The van der Waals surface area contributed by atoms with Crippen LogP contribution in [0.1, 0.15) is 45.4 Å². The number of hydrogen-bond donors (Lipinski definition) is 2. The van der Waals surface area contributed by atoms with Crippen molar-refractivity contribution in [3.05, 3.63) is 0 Å². The number of hydrogen-bond acceptors (Lipinski definition) is 4. The van der Waals surface area contributed by atoms with Crippen molar-refractivity contribution < 1.29 is 4.79 Å². The van der Waals surface area contributed by atoms with E-state index in [1.165, 1.54) is 25.8 Å². The van der Waals surface area contributed by atoms with Crippen LogP contribution in [0.3, 0.4) is 0 Å². The molecular weight excluding hydrogens is 264 g/mol. The number of rotatable bonds is 6. The maximum Gasteiger partial charge on any atom is 0.237 e. The second-order valence-corrected chi connectivity index (χ2v) is 6.81. The fraction of sp³-hybridized carbons (Fsp3) is 0.938. The van der Waals surface area contributed by atoms with Crippen molar-refractivity contribution in [2.45, 2.75) is 63.1 Å². The number of nitrogens with one attached hydrogen (secondary N) is 1. The fourth-order valence-corrected chi connectivity index (χ4v) is 4.20. The van der Waals surface area contributed by atoms with E-state index in [2.05, 4.69) is 29.1 Å². The number of carbonyl (C=O) groups excluding carboxylic acids is 1. The minimum Gasteiger partial charge on any atom is -0.368 e. The number of nitrogens with zero attached hydrogens (tertiary/aromatic N) is 2. The molecule has 0 aromatic heterocycles. The van der Waals surface area contributed by atoms with Crippen molar-refractivity contribution in [1.29, 1.82) is 0 Å². The van der Waals surface area contributed by atoms with Crippen molar-refractivity contribution >= 4 is 5.91 Å². The van der Waals surface area contributed by atoms with Crippen LogP contribution in [-0.4, -0.2) is 67.1 Å². The molecule has 1 aliphatic heterocycles. The Kier molecular flexibility index (Phi) is 5.63. The summed E-state index contributed by atoms with van der Waals surface area (Å²) in [6, 6.07) is 1.14. The van der Waals surface area contributed by atoms with Crippen LogP contribution in [0.5, 0.6) is 0 Å². The number of carbonyl (C=O) groups is 1. The molecule has 1 aliphatic carbocycles. The number of amides is 1. The molecule has 2 rings (SSSR count). The quantitative estimate of drug-likeness (QED) is 0.761. The molecule has 0 aromatic carbocycles. The predicted octanol–water partition coefficient (Wildman–Crippen LogP) is 0.789. The van der Waals surface area contributed by atoms with Gasteiger partial charge in [-0.1, -0.05) is 6.92 Å². The smallest absolute Gasteiger partial charge is 0.237 e. The lowest BCUT2D eigenvalue weighted by molar-refractivity contribution is -0.126. The van der Waals surface area contributed by atoms with E-state index < -0.39 is 5.54 Å². The summed E-state index contributed by atoms with van der Waals surface area (Å²) in [6.07, 6.45) is 6.57. The first kappa shape index (κ1) is 16.7. The van der Waals surface area contributed by atoms with E-state index in [0.717, 1.165) is 32.4 Å². The van der Waals surface area contributed by atoms with Crippen LogP contribution >= 0.6 is 0 Å².